The molecule has 0 aliphatic heterocycles. The van der Waals surface area contributed by atoms with Crippen molar-refractivity contribution >= 4 is 35.8 Å². The van der Waals surface area contributed by atoms with Crippen LogP contribution in [-0.4, -0.2) is 68.0 Å². The highest BCUT2D eigenvalue weighted by Gasteiger charge is 2.14. The zero-order valence-electron chi connectivity index (χ0n) is 16.4. The number of carbonyl (C=O) groups is 1. The molecule has 0 saturated carbocycles. The maximum absolute atomic E-state index is 12.2. The minimum Gasteiger partial charge on any atom is -0.494 e. The van der Waals surface area contributed by atoms with Gasteiger partial charge in [0.15, 0.2) is 5.96 Å². The van der Waals surface area contributed by atoms with E-state index >= 15 is 0 Å². The first kappa shape index (κ1) is 24.5. The Morgan fingerprint density at radius 1 is 1.15 bits per heavy atom. The van der Waals surface area contributed by atoms with E-state index in [4.69, 9.17) is 4.74 Å². The number of guanidine groups is 1. The number of nitrogens with one attached hydrogen (secondary N) is 1. The van der Waals surface area contributed by atoms with Crippen LogP contribution in [0.3, 0.4) is 0 Å². The lowest BCUT2D eigenvalue weighted by atomic mass is 10.3. The molecular formula is C19H33IN4O2. The molecule has 0 radical (unpaired) electrons. The van der Waals surface area contributed by atoms with E-state index in [0.29, 0.717) is 19.7 Å². The lowest BCUT2D eigenvalue weighted by Crippen LogP contribution is -2.45. The molecule has 0 bridgehead atoms. The minimum atomic E-state index is 0. The van der Waals surface area contributed by atoms with Crippen molar-refractivity contribution in [2.75, 3.05) is 46.4 Å². The van der Waals surface area contributed by atoms with Gasteiger partial charge < -0.3 is 19.9 Å². The Kier molecular flexibility index (Phi) is 13.8. The number of ether oxygens (including phenoxy) is 1. The van der Waals surface area contributed by atoms with Crippen molar-refractivity contribution in [2.24, 2.45) is 4.99 Å². The number of nitrogens with zero attached hydrogens (tertiary/aromatic N) is 3. The van der Waals surface area contributed by atoms with Crippen LogP contribution in [0.1, 0.15) is 27.2 Å². The van der Waals surface area contributed by atoms with Crippen molar-refractivity contribution in [1.82, 2.24) is 15.1 Å². The number of hydrogen-bond acceptors (Lipinski definition) is 3. The second kappa shape index (κ2) is 14.6. The summed E-state index contributed by atoms with van der Waals surface area (Å²) in [4.78, 5) is 20.5. The lowest BCUT2D eigenvalue weighted by molar-refractivity contribution is -0.131. The van der Waals surface area contributed by atoms with Crippen LogP contribution in [0.4, 0.5) is 0 Å². The number of benzene rings is 1. The lowest BCUT2D eigenvalue weighted by Gasteiger charge is -2.25. The van der Waals surface area contributed by atoms with Gasteiger partial charge in [-0.1, -0.05) is 18.2 Å². The van der Waals surface area contributed by atoms with Gasteiger partial charge in [-0.15, -0.1) is 24.0 Å². The van der Waals surface area contributed by atoms with Crippen LogP contribution in [0.15, 0.2) is 35.3 Å². The molecule has 1 amide bonds. The Morgan fingerprint density at radius 3 is 2.38 bits per heavy atom. The van der Waals surface area contributed by atoms with Crippen LogP contribution < -0.4 is 10.1 Å². The summed E-state index contributed by atoms with van der Waals surface area (Å²) in [7, 11) is 1.89. The predicted molar refractivity (Wildman–Crippen MR) is 119 cm³/mol. The van der Waals surface area contributed by atoms with Crippen LogP contribution in [-0.2, 0) is 4.79 Å². The predicted octanol–water partition coefficient (Wildman–Crippen LogP) is 2.84. The van der Waals surface area contributed by atoms with E-state index < -0.39 is 0 Å². The molecular weight excluding hydrogens is 443 g/mol. The van der Waals surface area contributed by atoms with Crippen molar-refractivity contribution in [2.45, 2.75) is 27.2 Å². The van der Waals surface area contributed by atoms with E-state index in [2.05, 4.69) is 10.3 Å². The van der Waals surface area contributed by atoms with Crippen molar-refractivity contribution in [3.63, 3.8) is 0 Å². The fraction of sp³-hybridized carbons (Fsp3) is 0.579. The molecule has 26 heavy (non-hydrogen) atoms. The largest absolute Gasteiger partial charge is 0.494 e. The molecule has 0 atom stereocenters. The zero-order valence-corrected chi connectivity index (χ0v) is 18.7. The summed E-state index contributed by atoms with van der Waals surface area (Å²) in [6.45, 7) is 9.83. The molecule has 0 saturated heterocycles. The Labute approximate surface area is 175 Å². The third-order valence-electron chi connectivity index (χ3n) is 3.76. The van der Waals surface area contributed by atoms with Gasteiger partial charge in [0.05, 0.1) is 13.2 Å². The van der Waals surface area contributed by atoms with Gasteiger partial charge in [-0.3, -0.25) is 9.79 Å². The van der Waals surface area contributed by atoms with E-state index in [1.165, 1.54) is 0 Å². The number of rotatable bonds is 10. The molecule has 6 nitrogen and oxygen atoms in total. The van der Waals surface area contributed by atoms with Gasteiger partial charge in [0.2, 0.25) is 5.91 Å². The molecule has 0 spiro atoms. The van der Waals surface area contributed by atoms with Crippen LogP contribution in [0.5, 0.6) is 5.75 Å². The number of likely N-dealkylation sites (N-methyl/N-ethyl adjacent to an activating group) is 2. The second-order valence-electron chi connectivity index (χ2n) is 5.67. The van der Waals surface area contributed by atoms with Gasteiger partial charge in [-0.25, -0.2) is 0 Å². The smallest absolute Gasteiger partial charge is 0.242 e. The SMILES string of the molecule is CCNC(=NCCCOc1ccccc1)N(C)CC(=O)N(CC)CC.I. The van der Waals surface area contributed by atoms with E-state index in [1.54, 1.807) is 0 Å². The molecule has 0 aliphatic rings. The second-order valence-corrected chi connectivity index (χ2v) is 5.67. The number of para-hydroxylation sites is 1. The zero-order chi connectivity index (χ0) is 18.5. The van der Waals surface area contributed by atoms with E-state index in [0.717, 1.165) is 37.8 Å². The number of halogens is 1. The van der Waals surface area contributed by atoms with Gasteiger partial charge in [0, 0.05) is 39.6 Å². The summed E-state index contributed by atoms with van der Waals surface area (Å²) >= 11 is 0. The maximum Gasteiger partial charge on any atom is 0.242 e. The van der Waals surface area contributed by atoms with Crippen molar-refractivity contribution in [3.05, 3.63) is 30.3 Å². The summed E-state index contributed by atoms with van der Waals surface area (Å²) in [5, 5.41) is 3.24. The quantitative estimate of drug-likeness (QED) is 0.244. The van der Waals surface area contributed by atoms with Crippen molar-refractivity contribution in [3.8, 4) is 5.75 Å². The summed E-state index contributed by atoms with van der Waals surface area (Å²) in [5.74, 6) is 1.74. The Balaban J connectivity index is 0.00000625. The normalized spacial score (nSPS) is 10.7. The van der Waals surface area contributed by atoms with Crippen molar-refractivity contribution < 1.29 is 9.53 Å². The number of aliphatic imine (C=N–C) groups is 1. The Bertz CT molecular complexity index is 522. The highest BCUT2D eigenvalue weighted by molar-refractivity contribution is 14.0. The first-order valence-electron chi connectivity index (χ1n) is 9.07. The highest BCUT2D eigenvalue weighted by atomic mass is 127. The number of hydrogen-bond donors (Lipinski definition) is 1. The van der Waals surface area contributed by atoms with Gasteiger partial charge in [0.25, 0.3) is 0 Å². The summed E-state index contributed by atoms with van der Waals surface area (Å²) in [6, 6.07) is 9.77. The summed E-state index contributed by atoms with van der Waals surface area (Å²) < 4.78 is 5.67. The highest BCUT2D eigenvalue weighted by Crippen LogP contribution is 2.08. The fourth-order valence-electron chi connectivity index (χ4n) is 2.38. The average Bonchev–Trinajstić information content (AvgIpc) is 2.62. The number of amides is 1. The molecule has 0 aliphatic carbocycles. The van der Waals surface area contributed by atoms with E-state index in [9.17, 15) is 4.79 Å². The minimum absolute atomic E-state index is 0. The van der Waals surface area contributed by atoms with Crippen LogP contribution in [0.25, 0.3) is 0 Å². The fourth-order valence-corrected chi connectivity index (χ4v) is 2.38. The van der Waals surface area contributed by atoms with Crippen LogP contribution in [0.2, 0.25) is 0 Å². The Hall–Kier alpha value is -1.51. The molecule has 1 rings (SSSR count). The molecule has 1 N–H and O–H groups in total. The molecule has 0 heterocycles. The first-order valence-corrected chi connectivity index (χ1v) is 9.07. The van der Waals surface area contributed by atoms with Gasteiger partial charge in [-0.2, -0.15) is 0 Å². The van der Waals surface area contributed by atoms with E-state index in [1.807, 2.05) is 68.0 Å². The monoisotopic (exact) mass is 476 g/mol. The van der Waals surface area contributed by atoms with Crippen LogP contribution >= 0.6 is 24.0 Å². The molecule has 0 aromatic heterocycles. The summed E-state index contributed by atoms with van der Waals surface area (Å²) in [6.07, 6.45) is 0.821. The molecule has 0 fully saturated rings. The summed E-state index contributed by atoms with van der Waals surface area (Å²) in [5.41, 5.74) is 0. The van der Waals surface area contributed by atoms with Gasteiger partial charge >= 0.3 is 0 Å². The van der Waals surface area contributed by atoms with Crippen molar-refractivity contribution in [1.29, 1.82) is 0 Å². The maximum atomic E-state index is 12.2. The molecule has 1 aromatic rings. The number of carbonyl (C=O) groups excluding carboxylic acids is 1. The molecule has 0 unspecified atom stereocenters. The van der Waals surface area contributed by atoms with Crippen LogP contribution in [0, 0.1) is 0 Å². The molecule has 1 aromatic carbocycles. The van der Waals surface area contributed by atoms with Gasteiger partial charge in [-0.05, 0) is 32.9 Å². The molecule has 148 valence electrons. The van der Waals surface area contributed by atoms with Gasteiger partial charge in [0.1, 0.15) is 5.75 Å². The molecule has 7 heteroatoms. The standard InChI is InChI=1S/C19H32N4O2.HI/c1-5-20-19(22(4)16-18(24)23(6-2)7-3)21-14-11-15-25-17-12-9-8-10-13-17;/h8-10,12-13H,5-7,11,14-16H2,1-4H3,(H,20,21);1H. The Morgan fingerprint density at radius 2 is 1.81 bits per heavy atom. The first-order chi connectivity index (χ1) is 12.1. The third-order valence-corrected chi connectivity index (χ3v) is 3.76. The third kappa shape index (κ3) is 9.26. The topological polar surface area (TPSA) is 57.2 Å². The van der Waals surface area contributed by atoms with E-state index in [-0.39, 0.29) is 29.9 Å². The average molecular weight is 476 g/mol.